The van der Waals surface area contributed by atoms with Gasteiger partial charge in [0.2, 0.25) is 0 Å². The standard InChI is InChI=1S/C14H17FN2O2/c1-9(2)19-14(15)7-13(10(3)18)11-4-5-17-12(6-11)8-16/h4-7,18H,1,8,16H2,2-3H3/b13-10-,14-7+. The molecule has 0 atom stereocenters. The van der Waals surface area contributed by atoms with E-state index in [1.807, 2.05) is 0 Å². The molecule has 0 fully saturated rings. The largest absolute Gasteiger partial charge is 0.512 e. The van der Waals surface area contributed by atoms with Crippen molar-refractivity contribution in [2.45, 2.75) is 20.4 Å². The van der Waals surface area contributed by atoms with Crippen molar-refractivity contribution in [1.29, 1.82) is 0 Å². The third kappa shape index (κ3) is 4.56. The second kappa shape index (κ2) is 6.70. The number of halogens is 1. The monoisotopic (exact) mass is 264 g/mol. The maximum Gasteiger partial charge on any atom is 0.278 e. The average molecular weight is 264 g/mol. The average Bonchev–Trinajstić information content (AvgIpc) is 2.34. The molecule has 0 spiro atoms. The van der Waals surface area contributed by atoms with Crippen LogP contribution in [-0.4, -0.2) is 10.1 Å². The number of aliphatic hydroxyl groups excluding tert-OH is 1. The Morgan fingerprint density at radius 1 is 1.58 bits per heavy atom. The lowest BCUT2D eigenvalue weighted by atomic mass is 10.1. The molecule has 0 saturated carbocycles. The molecule has 102 valence electrons. The minimum absolute atomic E-state index is 0.0327. The van der Waals surface area contributed by atoms with Gasteiger partial charge >= 0.3 is 0 Å². The van der Waals surface area contributed by atoms with Gasteiger partial charge in [-0.3, -0.25) is 4.98 Å². The normalized spacial score (nSPS) is 12.9. The molecule has 0 aliphatic heterocycles. The fourth-order valence-corrected chi connectivity index (χ4v) is 1.46. The van der Waals surface area contributed by atoms with Crippen molar-refractivity contribution < 1.29 is 14.2 Å². The molecule has 0 aliphatic carbocycles. The molecule has 0 bridgehead atoms. The highest BCUT2D eigenvalue weighted by Gasteiger charge is 2.08. The minimum Gasteiger partial charge on any atom is -0.512 e. The molecule has 1 heterocycles. The van der Waals surface area contributed by atoms with Gasteiger partial charge in [-0.2, -0.15) is 4.39 Å². The first-order valence-corrected chi connectivity index (χ1v) is 5.69. The van der Waals surface area contributed by atoms with E-state index in [9.17, 15) is 9.50 Å². The Bertz CT molecular complexity index is 532. The van der Waals surface area contributed by atoms with E-state index in [0.29, 0.717) is 16.8 Å². The molecule has 5 heteroatoms. The van der Waals surface area contributed by atoms with Crippen LogP contribution in [-0.2, 0) is 11.3 Å². The maximum absolute atomic E-state index is 13.5. The zero-order chi connectivity index (χ0) is 14.4. The molecule has 1 rings (SSSR count). The summed E-state index contributed by atoms with van der Waals surface area (Å²) in [4.78, 5) is 4.04. The van der Waals surface area contributed by atoms with Gasteiger partial charge < -0.3 is 15.6 Å². The molecule has 0 amide bonds. The van der Waals surface area contributed by atoms with E-state index in [4.69, 9.17) is 10.5 Å². The highest BCUT2D eigenvalue weighted by atomic mass is 19.1. The molecule has 0 unspecified atom stereocenters. The summed E-state index contributed by atoms with van der Waals surface area (Å²) in [7, 11) is 0. The van der Waals surface area contributed by atoms with Gasteiger partial charge in [0.1, 0.15) is 0 Å². The summed E-state index contributed by atoms with van der Waals surface area (Å²) < 4.78 is 18.2. The Balaban J connectivity index is 3.16. The summed E-state index contributed by atoms with van der Waals surface area (Å²) in [6, 6.07) is 2.49. The smallest absolute Gasteiger partial charge is 0.278 e. The van der Waals surface area contributed by atoms with Crippen molar-refractivity contribution in [3.8, 4) is 0 Å². The molecule has 4 nitrogen and oxygen atoms in total. The number of pyridine rings is 1. The number of hydrogen-bond donors (Lipinski definition) is 2. The summed E-state index contributed by atoms with van der Waals surface area (Å²) >= 11 is 0. The van der Waals surface area contributed by atoms with Crippen LogP contribution in [0.25, 0.3) is 5.57 Å². The molecule has 0 aliphatic rings. The van der Waals surface area contributed by atoms with Crippen molar-refractivity contribution in [3.63, 3.8) is 0 Å². The molecule has 1 aromatic heterocycles. The third-order valence-corrected chi connectivity index (χ3v) is 2.26. The molecule has 19 heavy (non-hydrogen) atoms. The van der Waals surface area contributed by atoms with E-state index in [0.717, 1.165) is 6.08 Å². The second-order valence-electron chi connectivity index (χ2n) is 3.99. The number of rotatable bonds is 5. The molecular formula is C14H17FN2O2. The van der Waals surface area contributed by atoms with Crippen LogP contribution in [0.5, 0.6) is 0 Å². The van der Waals surface area contributed by atoms with E-state index >= 15 is 0 Å². The Labute approximate surface area is 111 Å². The van der Waals surface area contributed by atoms with Crippen molar-refractivity contribution in [3.05, 3.63) is 59.8 Å². The Hall–Kier alpha value is -2.14. The number of aromatic nitrogens is 1. The van der Waals surface area contributed by atoms with Crippen molar-refractivity contribution >= 4 is 5.57 Å². The first kappa shape index (κ1) is 14.9. The minimum atomic E-state index is -0.845. The Morgan fingerprint density at radius 2 is 2.26 bits per heavy atom. The van der Waals surface area contributed by atoms with Gasteiger partial charge in [-0.1, -0.05) is 6.58 Å². The predicted octanol–water partition coefficient (Wildman–Crippen LogP) is 3.19. The van der Waals surface area contributed by atoms with E-state index in [1.165, 1.54) is 13.8 Å². The van der Waals surface area contributed by atoms with Crippen LogP contribution in [0.1, 0.15) is 25.1 Å². The van der Waals surface area contributed by atoms with Gasteiger partial charge in [0.25, 0.3) is 6.01 Å². The zero-order valence-electron chi connectivity index (χ0n) is 11.0. The van der Waals surface area contributed by atoms with Crippen LogP contribution in [0, 0.1) is 0 Å². The van der Waals surface area contributed by atoms with Crippen LogP contribution < -0.4 is 5.73 Å². The summed E-state index contributed by atoms with van der Waals surface area (Å²) in [6.07, 6.45) is 2.64. The topological polar surface area (TPSA) is 68.4 Å². The quantitative estimate of drug-likeness (QED) is 0.633. The number of allylic oxidation sites excluding steroid dienone is 4. The molecule has 1 aromatic rings. The van der Waals surface area contributed by atoms with Crippen LogP contribution in [0.3, 0.4) is 0 Å². The second-order valence-corrected chi connectivity index (χ2v) is 3.99. The van der Waals surface area contributed by atoms with Gasteiger partial charge in [-0.25, -0.2) is 0 Å². The van der Waals surface area contributed by atoms with Gasteiger partial charge in [0.05, 0.1) is 17.2 Å². The Morgan fingerprint density at radius 3 is 2.79 bits per heavy atom. The van der Waals surface area contributed by atoms with Crippen LogP contribution >= 0.6 is 0 Å². The van der Waals surface area contributed by atoms with Gasteiger partial charge in [0, 0.05) is 24.4 Å². The SMILES string of the molecule is C=C(C)O/C(F)=C/C(=C(\C)O)c1ccnc(CN)c1. The highest BCUT2D eigenvalue weighted by molar-refractivity contribution is 5.75. The highest BCUT2D eigenvalue weighted by Crippen LogP contribution is 2.22. The summed E-state index contributed by atoms with van der Waals surface area (Å²) in [6.45, 7) is 6.69. The number of nitrogens with two attached hydrogens (primary N) is 1. The fraction of sp³-hybridized carbons (Fsp3) is 0.214. The summed E-state index contributed by atoms with van der Waals surface area (Å²) in [5.74, 6) is 0.190. The molecule has 3 N–H and O–H groups in total. The number of aliphatic hydroxyl groups is 1. The van der Waals surface area contributed by atoms with E-state index in [-0.39, 0.29) is 18.1 Å². The lowest BCUT2D eigenvalue weighted by molar-refractivity contribution is 0.218. The van der Waals surface area contributed by atoms with Crippen molar-refractivity contribution in [2.24, 2.45) is 5.73 Å². The van der Waals surface area contributed by atoms with Gasteiger partial charge in [-0.05, 0) is 31.5 Å². The first-order chi connectivity index (χ1) is 8.93. The van der Waals surface area contributed by atoms with Crippen LogP contribution in [0.15, 0.2) is 48.5 Å². The number of ether oxygens (including phenoxy) is 1. The lowest BCUT2D eigenvalue weighted by Crippen LogP contribution is -2.00. The first-order valence-electron chi connectivity index (χ1n) is 5.69. The fourth-order valence-electron chi connectivity index (χ4n) is 1.46. The van der Waals surface area contributed by atoms with Crippen LogP contribution in [0.4, 0.5) is 4.39 Å². The predicted molar refractivity (Wildman–Crippen MR) is 72.4 cm³/mol. The zero-order valence-corrected chi connectivity index (χ0v) is 11.0. The molecular weight excluding hydrogens is 247 g/mol. The lowest BCUT2D eigenvalue weighted by Gasteiger charge is -2.07. The number of nitrogens with zero attached hydrogens (tertiary/aromatic N) is 1. The van der Waals surface area contributed by atoms with E-state index < -0.39 is 6.01 Å². The van der Waals surface area contributed by atoms with E-state index in [1.54, 1.807) is 18.3 Å². The van der Waals surface area contributed by atoms with Crippen molar-refractivity contribution in [2.75, 3.05) is 0 Å². The van der Waals surface area contributed by atoms with Gasteiger partial charge in [-0.15, -0.1) is 0 Å². The molecule has 0 saturated heterocycles. The van der Waals surface area contributed by atoms with E-state index in [2.05, 4.69) is 11.6 Å². The summed E-state index contributed by atoms with van der Waals surface area (Å²) in [5, 5.41) is 9.65. The number of hydrogen-bond acceptors (Lipinski definition) is 4. The molecule has 0 radical (unpaired) electrons. The maximum atomic E-state index is 13.5. The van der Waals surface area contributed by atoms with Crippen LogP contribution in [0.2, 0.25) is 0 Å². The molecule has 0 aromatic carbocycles. The van der Waals surface area contributed by atoms with Gasteiger partial charge in [0.15, 0.2) is 0 Å². The third-order valence-electron chi connectivity index (χ3n) is 2.26. The Kier molecular flexibility index (Phi) is 5.26. The van der Waals surface area contributed by atoms with Crippen molar-refractivity contribution in [1.82, 2.24) is 4.98 Å². The summed E-state index contributed by atoms with van der Waals surface area (Å²) in [5.41, 5.74) is 7.05.